The zero-order valence-electron chi connectivity index (χ0n) is 18.5. The highest BCUT2D eigenvalue weighted by Crippen LogP contribution is 2.24. The van der Waals surface area contributed by atoms with Gasteiger partial charge in [0.25, 0.3) is 0 Å². The topological polar surface area (TPSA) is 73.4 Å². The van der Waals surface area contributed by atoms with E-state index < -0.39 is 0 Å². The van der Waals surface area contributed by atoms with Crippen molar-refractivity contribution in [2.45, 2.75) is 45.1 Å². The van der Waals surface area contributed by atoms with Crippen LogP contribution in [0.4, 0.5) is 10.7 Å². The number of rotatable bonds is 7. The molecule has 7 nitrogen and oxygen atoms in total. The van der Waals surface area contributed by atoms with E-state index in [1.807, 2.05) is 6.07 Å². The molecule has 1 aliphatic carbocycles. The largest absolute Gasteiger partial charge is 0.338 e. The number of nitrogens with zero attached hydrogens (tertiary/aromatic N) is 4. The molecule has 0 saturated carbocycles. The minimum Gasteiger partial charge on any atom is -0.338 e. The lowest BCUT2D eigenvalue weighted by atomic mass is 9.89. The maximum absolute atomic E-state index is 12.3. The van der Waals surface area contributed by atoms with Gasteiger partial charge in [-0.2, -0.15) is 0 Å². The Morgan fingerprint density at radius 2 is 1.81 bits per heavy atom. The SMILES string of the molecule is CC(NC(=O)NCCCN1CCN(c2ncccn2)CC1)c1ccc2c(c1)CCCC2. The first kappa shape index (κ1) is 21.6. The lowest BCUT2D eigenvalue weighted by molar-refractivity contribution is 0.233. The minimum absolute atomic E-state index is 0.0144. The maximum atomic E-state index is 12.3. The van der Waals surface area contributed by atoms with Crippen LogP contribution in [0.1, 0.15) is 48.9 Å². The second-order valence-corrected chi connectivity index (χ2v) is 8.59. The van der Waals surface area contributed by atoms with Gasteiger partial charge in [0, 0.05) is 45.1 Å². The number of carbonyl (C=O) groups is 1. The molecule has 1 aromatic heterocycles. The van der Waals surface area contributed by atoms with Crippen LogP contribution in [0, 0.1) is 0 Å². The summed E-state index contributed by atoms with van der Waals surface area (Å²) in [7, 11) is 0. The molecule has 2 amide bonds. The molecule has 166 valence electrons. The fourth-order valence-electron chi connectivity index (χ4n) is 4.48. The van der Waals surface area contributed by atoms with Crippen LogP contribution in [0.15, 0.2) is 36.7 Å². The molecule has 0 bridgehead atoms. The average Bonchev–Trinajstić information content (AvgIpc) is 2.82. The Balaban J connectivity index is 1.13. The fraction of sp³-hybridized carbons (Fsp3) is 0.542. The number of amides is 2. The third kappa shape index (κ3) is 5.94. The van der Waals surface area contributed by atoms with Crippen molar-refractivity contribution in [1.82, 2.24) is 25.5 Å². The van der Waals surface area contributed by atoms with E-state index >= 15 is 0 Å². The predicted octanol–water partition coefficient (Wildman–Crippen LogP) is 2.93. The van der Waals surface area contributed by atoms with E-state index in [2.05, 4.69) is 55.5 Å². The van der Waals surface area contributed by atoms with Gasteiger partial charge in [-0.15, -0.1) is 0 Å². The second-order valence-electron chi connectivity index (χ2n) is 8.59. The molecule has 2 aliphatic rings. The monoisotopic (exact) mass is 422 g/mol. The van der Waals surface area contributed by atoms with Crippen molar-refractivity contribution < 1.29 is 4.79 Å². The molecule has 2 N–H and O–H groups in total. The van der Waals surface area contributed by atoms with E-state index in [9.17, 15) is 4.79 Å². The number of benzene rings is 1. The Kier molecular flexibility index (Phi) is 7.35. The predicted molar refractivity (Wildman–Crippen MR) is 123 cm³/mol. The highest BCUT2D eigenvalue weighted by Gasteiger charge is 2.18. The molecule has 1 unspecified atom stereocenters. The van der Waals surface area contributed by atoms with Crippen molar-refractivity contribution in [2.24, 2.45) is 0 Å². The van der Waals surface area contributed by atoms with E-state index in [1.165, 1.54) is 36.0 Å². The van der Waals surface area contributed by atoms with Gasteiger partial charge in [-0.25, -0.2) is 14.8 Å². The van der Waals surface area contributed by atoms with Crippen molar-refractivity contribution in [3.8, 4) is 0 Å². The van der Waals surface area contributed by atoms with E-state index in [1.54, 1.807) is 12.4 Å². The number of aromatic nitrogens is 2. The van der Waals surface area contributed by atoms with Gasteiger partial charge < -0.3 is 15.5 Å². The standard InChI is InChI=1S/C24H34N6O/c1-19(21-9-8-20-6-2-3-7-22(20)18-21)28-24(31)27-12-5-13-29-14-16-30(17-15-29)23-25-10-4-11-26-23/h4,8-11,18-19H,2-3,5-7,12-17H2,1H3,(H2,27,28,31). The molecular weight excluding hydrogens is 388 g/mol. The lowest BCUT2D eigenvalue weighted by Gasteiger charge is -2.34. The van der Waals surface area contributed by atoms with Crippen LogP contribution in [-0.4, -0.2) is 60.2 Å². The van der Waals surface area contributed by atoms with Crippen molar-refractivity contribution in [2.75, 3.05) is 44.2 Å². The van der Waals surface area contributed by atoms with Crippen LogP contribution < -0.4 is 15.5 Å². The summed E-state index contributed by atoms with van der Waals surface area (Å²) in [5, 5.41) is 6.09. The quantitative estimate of drug-likeness (QED) is 0.671. The van der Waals surface area contributed by atoms with E-state index in [0.29, 0.717) is 6.54 Å². The first-order valence-corrected chi connectivity index (χ1v) is 11.6. The van der Waals surface area contributed by atoms with E-state index in [-0.39, 0.29) is 12.1 Å². The molecule has 2 heterocycles. The highest BCUT2D eigenvalue weighted by molar-refractivity contribution is 5.74. The van der Waals surface area contributed by atoms with Gasteiger partial charge in [0.05, 0.1) is 6.04 Å². The van der Waals surface area contributed by atoms with Crippen LogP contribution in [0.5, 0.6) is 0 Å². The maximum Gasteiger partial charge on any atom is 0.315 e. The van der Waals surface area contributed by atoms with E-state index in [4.69, 9.17) is 0 Å². The summed E-state index contributed by atoms with van der Waals surface area (Å²) in [6, 6.07) is 8.45. The number of anilines is 1. The molecule has 1 aliphatic heterocycles. The molecule has 7 heteroatoms. The first-order chi connectivity index (χ1) is 15.2. The summed E-state index contributed by atoms with van der Waals surface area (Å²) >= 11 is 0. The Morgan fingerprint density at radius 3 is 2.58 bits per heavy atom. The van der Waals surface area contributed by atoms with Crippen molar-refractivity contribution in [3.05, 3.63) is 53.3 Å². The Bertz CT molecular complexity index is 850. The first-order valence-electron chi connectivity index (χ1n) is 11.6. The molecule has 31 heavy (non-hydrogen) atoms. The molecule has 2 aromatic rings. The third-order valence-electron chi connectivity index (χ3n) is 6.36. The number of fused-ring (bicyclic) bond motifs is 1. The van der Waals surface area contributed by atoms with Crippen LogP contribution in [0.3, 0.4) is 0 Å². The third-order valence-corrected chi connectivity index (χ3v) is 6.36. The Labute approximate surface area is 185 Å². The van der Waals surface area contributed by atoms with Crippen LogP contribution in [0.25, 0.3) is 0 Å². The van der Waals surface area contributed by atoms with E-state index in [0.717, 1.165) is 51.5 Å². The summed E-state index contributed by atoms with van der Waals surface area (Å²) in [6.45, 7) is 7.61. The Morgan fingerprint density at radius 1 is 1.06 bits per heavy atom. The molecule has 1 aromatic carbocycles. The van der Waals surface area contributed by atoms with Crippen LogP contribution in [-0.2, 0) is 12.8 Å². The molecular formula is C24H34N6O. The zero-order valence-corrected chi connectivity index (χ0v) is 18.5. The number of hydrogen-bond donors (Lipinski definition) is 2. The molecule has 0 radical (unpaired) electrons. The van der Waals surface area contributed by atoms with Crippen molar-refractivity contribution in [3.63, 3.8) is 0 Å². The minimum atomic E-state index is -0.0868. The van der Waals surface area contributed by atoms with Gasteiger partial charge in [-0.05, 0) is 68.3 Å². The van der Waals surface area contributed by atoms with Gasteiger partial charge in [-0.3, -0.25) is 4.90 Å². The van der Waals surface area contributed by atoms with Gasteiger partial charge >= 0.3 is 6.03 Å². The van der Waals surface area contributed by atoms with Crippen LogP contribution >= 0.6 is 0 Å². The Hall–Kier alpha value is -2.67. The fourth-order valence-corrected chi connectivity index (χ4v) is 4.48. The number of urea groups is 1. The van der Waals surface area contributed by atoms with Crippen LogP contribution in [0.2, 0.25) is 0 Å². The molecule has 1 atom stereocenters. The summed E-state index contributed by atoms with van der Waals surface area (Å²) in [4.78, 5) is 25.6. The number of aryl methyl sites for hydroxylation is 2. The zero-order chi connectivity index (χ0) is 21.5. The van der Waals surface area contributed by atoms with Gasteiger partial charge in [0.15, 0.2) is 0 Å². The smallest absolute Gasteiger partial charge is 0.315 e. The van der Waals surface area contributed by atoms with Gasteiger partial charge in [-0.1, -0.05) is 18.2 Å². The molecule has 4 rings (SSSR count). The summed E-state index contributed by atoms with van der Waals surface area (Å²) in [5.41, 5.74) is 4.12. The molecule has 1 fully saturated rings. The molecule has 0 spiro atoms. The van der Waals surface area contributed by atoms with Gasteiger partial charge in [0.1, 0.15) is 0 Å². The second kappa shape index (κ2) is 10.6. The van der Waals surface area contributed by atoms with Crippen molar-refractivity contribution >= 4 is 12.0 Å². The lowest BCUT2D eigenvalue weighted by Crippen LogP contribution is -2.47. The number of nitrogens with one attached hydrogen (secondary N) is 2. The summed E-state index contributed by atoms with van der Waals surface area (Å²) < 4.78 is 0. The summed E-state index contributed by atoms with van der Waals surface area (Å²) in [5.74, 6) is 0.813. The molecule has 1 saturated heterocycles. The number of carbonyl (C=O) groups excluding carboxylic acids is 1. The van der Waals surface area contributed by atoms with Crippen molar-refractivity contribution in [1.29, 1.82) is 0 Å². The average molecular weight is 423 g/mol. The number of piperazine rings is 1. The highest BCUT2D eigenvalue weighted by atomic mass is 16.2. The normalized spacial score (nSPS) is 17.6. The number of hydrogen-bond acceptors (Lipinski definition) is 5. The van der Waals surface area contributed by atoms with Gasteiger partial charge in [0.2, 0.25) is 5.95 Å². The summed E-state index contributed by atoms with van der Waals surface area (Å²) in [6.07, 6.45) is 9.44.